The molecule has 1 aliphatic heterocycles. The average Bonchev–Trinajstić information content (AvgIpc) is 2.78. The number of benzene rings is 2. The van der Waals surface area contributed by atoms with E-state index in [1.54, 1.807) is 54.6 Å². The van der Waals surface area contributed by atoms with E-state index in [0.717, 1.165) is 4.90 Å². The number of hydrogen-bond acceptors (Lipinski definition) is 3. The van der Waals surface area contributed by atoms with Crippen LogP contribution in [0.25, 0.3) is 5.57 Å². The molecule has 5 nitrogen and oxygen atoms in total. The summed E-state index contributed by atoms with van der Waals surface area (Å²) < 4.78 is 0. The van der Waals surface area contributed by atoms with E-state index in [-0.39, 0.29) is 16.5 Å². The first-order chi connectivity index (χ1) is 11.5. The lowest BCUT2D eigenvalue weighted by Crippen LogP contribution is -2.31. The number of carbonyl (C=O) groups is 3. The molecule has 0 aliphatic carbocycles. The molecule has 0 fully saturated rings. The van der Waals surface area contributed by atoms with Gasteiger partial charge in [-0.3, -0.25) is 14.4 Å². The lowest BCUT2D eigenvalue weighted by Gasteiger charge is -2.14. The van der Waals surface area contributed by atoms with E-state index >= 15 is 0 Å². The molecule has 0 saturated carbocycles. The number of hydrogen-bond donors (Lipinski definition) is 1. The zero-order valence-corrected chi connectivity index (χ0v) is 13.5. The van der Waals surface area contributed by atoms with E-state index in [1.165, 1.54) is 6.92 Å². The molecule has 2 aromatic rings. The van der Waals surface area contributed by atoms with Crippen molar-refractivity contribution in [2.75, 3.05) is 10.2 Å². The molecule has 0 saturated heterocycles. The van der Waals surface area contributed by atoms with E-state index in [2.05, 4.69) is 5.32 Å². The van der Waals surface area contributed by atoms with Crippen LogP contribution in [0.5, 0.6) is 0 Å². The van der Waals surface area contributed by atoms with Crippen LogP contribution in [0.2, 0.25) is 0 Å². The van der Waals surface area contributed by atoms with Gasteiger partial charge in [0.1, 0.15) is 5.03 Å². The number of amides is 3. The van der Waals surface area contributed by atoms with Crippen LogP contribution in [0.4, 0.5) is 11.4 Å². The van der Waals surface area contributed by atoms with Crippen LogP contribution in [0.15, 0.2) is 59.6 Å². The Morgan fingerprint density at radius 2 is 1.58 bits per heavy atom. The number of carbonyl (C=O) groups excluding carboxylic acids is 3. The third-order valence-electron chi connectivity index (χ3n) is 3.54. The van der Waals surface area contributed by atoms with Gasteiger partial charge in [-0.1, -0.05) is 41.9 Å². The van der Waals surface area contributed by atoms with Gasteiger partial charge < -0.3 is 5.32 Å². The summed E-state index contributed by atoms with van der Waals surface area (Å²) in [5.74, 6) is -1.21. The largest absolute Gasteiger partial charge is 0.326 e. The Balaban J connectivity index is 1.95. The topological polar surface area (TPSA) is 66.5 Å². The smallest absolute Gasteiger partial charge is 0.277 e. The number of imide groups is 1. The van der Waals surface area contributed by atoms with Gasteiger partial charge in [-0.05, 0) is 29.8 Å². The van der Waals surface area contributed by atoms with Gasteiger partial charge in [0.2, 0.25) is 5.91 Å². The summed E-state index contributed by atoms with van der Waals surface area (Å²) in [6, 6.07) is 15.2. The lowest BCUT2D eigenvalue weighted by atomic mass is 10.1. The van der Waals surface area contributed by atoms with Crippen molar-refractivity contribution in [3.63, 3.8) is 0 Å². The standard InChI is InChI=1S/C18H13ClN2O3/c1-11(22)20-13-9-7-12(8-10-13)15-16(19)18(24)21(17(15)23)14-5-3-2-4-6-14/h2-10H,1H3,(H,20,22). The maximum absolute atomic E-state index is 12.7. The van der Waals surface area contributed by atoms with Gasteiger partial charge in [-0.2, -0.15) is 0 Å². The van der Waals surface area contributed by atoms with Crippen molar-refractivity contribution in [2.45, 2.75) is 6.92 Å². The Morgan fingerprint density at radius 3 is 2.17 bits per heavy atom. The lowest BCUT2D eigenvalue weighted by molar-refractivity contribution is -0.120. The minimum Gasteiger partial charge on any atom is -0.326 e. The van der Waals surface area contributed by atoms with Crippen LogP contribution < -0.4 is 10.2 Å². The maximum atomic E-state index is 12.7. The van der Waals surface area contributed by atoms with Gasteiger partial charge in [0.25, 0.3) is 11.8 Å². The SMILES string of the molecule is CC(=O)Nc1ccc(C2=C(Cl)C(=O)N(c3ccccc3)C2=O)cc1. The van der Waals surface area contributed by atoms with Crippen molar-refractivity contribution in [3.8, 4) is 0 Å². The molecule has 0 unspecified atom stereocenters. The number of nitrogens with zero attached hydrogens (tertiary/aromatic N) is 1. The van der Waals surface area contributed by atoms with Crippen molar-refractivity contribution in [2.24, 2.45) is 0 Å². The van der Waals surface area contributed by atoms with Crippen LogP contribution >= 0.6 is 11.6 Å². The predicted molar refractivity (Wildman–Crippen MR) is 92.5 cm³/mol. The van der Waals surface area contributed by atoms with Crippen LogP contribution in [-0.4, -0.2) is 17.7 Å². The van der Waals surface area contributed by atoms with Crippen molar-refractivity contribution in [1.82, 2.24) is 0 Å². The highest BCUT2D eigenvalue weighted by Crippen LogP contribution is 2.35. The molecular formula is C18H13ClN2O3. The van der Waals surface area contributed by atoms with E-state index < -0.39 is 11.8 Å². The third kappa shape index (κ3) is 2.81. The predicted octanol–water partition coefficient (Wildman–Crippen LogP) is 3.17. The zero-order valence-electron chi connectivity index (χ0n) is 12.7. The van der Waals surface area contributed by atoms with Crippen LogP contribution in [-0.2, 0) is 14.4 Å². The summed E-state index contributed by atoms with van der Waals surface area (Å²) >= 11 is 6.12. The zero-order chi connectivity index (χ0) is 17.3. The van der Waals surface area contributed by atoms with Gasteiger partial charge in [0, 0.05) is 12.6 Å². The molecule has 3 amide bonds. The summed E-state index contributed by atoms with van der Waals surface area (Å²) in [6.07, 6.45) is 0. The monoisotopic (exact) mass is 340 g/mol. The van der Waals surface area contributed by atoms with Gasteiger partial charge in [0.05, 0.1) is 11.3 Å². The normalized spacial score (nSPS) is 14.3. The van der Waals surface area contributed by atoms with Gasteiger partial charge in [-0.25, -0.2) is 4.90 Å². The molecule has 1 N–H and O–H groups in total. The van der Waals surface area contributed by atoms with Crippen LogP contribution in [0.1, 0.15) is 12.5 Å². The van der Waals surface area contributed by atoms with Crippen molar-refractivity contribution < 1.29 is 14.4 Å². The maximum Gasteiger partial charge on any atom is 0.277 e. The molecule has 120 valence electrons. The first-order valence-electron chi connectivity index (χ1n) is 7.20. The fourth-order valence-electron chi connectivity index (χ4n) is 2.49. The Morgan fingerprint density at radius 1 is 0.958 bits per heavy atom. The molecule has 0 radical (unpaired) electrons. The van der Waals surface area contributed by atoms with E-state index in [0.29, 0.717) is 16.9 Å². The number of para-hydroxylation sites is 1. The summed E-state index contributed by atoms with van der Waals surface area (Å²) in [7, 11) is 0. The van der Waals surface area contributed by atoms with E-state index in [1.807, 2.05) is 0 Å². The second kappa shape index (κ2) is 6.29. The summed E-state index contributed by atoms with van der Waals surface area (Å²) in [6.45, 7) is 1.41. The second-order valence-electron chi connectivity index (χ2n) is 5.23. The first kappa shape index (κ1) is 16.0. The average molecular weight is 341 g/mol. The minimum absolute atomic E-state index is 0.115. The molecular weight excluding hydrogens is 328 g/mol. The van der Waals surface area contributed by atoms with E-state index in [9.17, 15) is 14.4 Å². The quantitative estimate of drug-likeness (QED) is 0.873. The highest BCUT2D eigenvalue weighted by molar-refractivity contribution is 6.60. The van der Waals surface area contributed by atoms with Gasteiger partial charge >= 0.3 is 0 Å². The Hall–Kier alpha value is -2.92. The number of halogens is 1. The second-order valence-corrected chi connectivity index (χ2v) is 5.61. The Kier molecular flexibility index (Phi) is 4.18. The fraction of sp³-hybridized carbons (Fsp3) is 0.0556. The van der Waals surface area contributed by atoms with Crippen molar-refractivity contribution in [3.05, 3.63) is 65.2 Å². The minimum atomic E-state index is -0.547. The van der Waals surface area contributed by atoms with Crippen LogP contribution in [0.3, 0.4) is 0 Å². The molecule has 2 aromatic carbocycles. The molecule has 1 heterocycles. The Bertz CT molecular complexity index is 858. The third-order valence-corrected chi connectivity index (χ3v) is 3.89. The molecule has 1 aliphatic rings. The fourth-order valence-corrected chi connectivity index (χ4v) is 2.76. The number of anilines is 2. The molecule has 0 bridgehead atoms. The van der Waals surface area contributed by atoms with E-state index in [4.69, 9.17) is 11.6 Å². The van der Waals surface area contributed by atoms with Crippen molar-refractivity contribution >= 4 is 46.3 Å². The van der Waals surface area contributed by atoms with Gasteiger partial charge in [-0.15, -0.1) is 0 Å². The molecule has 0 spiro atoms. The first-order valence-corrected chi connectivity index (χ1v) is 7.58. The molecule has 24 heavy (non-hydrogen) atoms. The molecule has 6 heteroatoms. The highest BCUT2D eigenvalue weighted by atomic mass is 35.5. The van der Waals surface area contributed by atoms with Crippen LogP contribution in [0, 0.1) is 0 Å². The Labute approximate surface area is 143 Å². The number of nitrogens with one attached hydrogen (secondary N) is 1. The summed E-state index contributed by atoms with van der Waals surface area (Å²) in [5, 5.41) is 2.52. The molecule has 3 rings (SSSR count). The number of rotatable bonds is 3. The van der Waals surface area contributed by atoms with Crippen molar-refractivity contribution in [1.29, 1.82) is 0 Å². The molecule has 0 atom stereocenters. The summed E-state index contributed by atoms with van der Waals surface area (Å²) in [4.78, 5) is 37.2. The highest BCUT2D eigenvalue weighted by Gasteiger charge is 2.39. The summed E-state index contributed by atoms with van der Waals surface area (Å²) in [5.41, 5.74) is 1.74. The molecule has 0 aromatic heterocycles. The van der Waals surface area contributed by atoms with Gasteiger partial charge in [0.15, 0.2) is 0 Å².